The van der Waals surface area contributed by atoms with Crippen LogP contribution in [-0.2, 0) is 0 Å². The number of alkyl halides is 2. The standard InChI is InChI=1S/C9H6F3N/c1-13-8(9(11)12)6-4-2-3-5-7(6)10/h2-5,8-9H. The third-order valence-electron chi connectivity index (χ3n) is 1.60. The van der Waals surface area contributed by atoms with E-state index >= 15 is 0 Å². The zero-order chi connectivity index (χ0) is 9.84. The van der Waals surface area contributed by atoms with Crippen molar-refractivity contribution in [3.8, 4) is 0 Å². The molecule has 1 atom stereocenters. The molecule has 0 heterocycles. The van der Waals surface area contributed by atoms with Gasteiger partial charge in [0.05, 0.1) is 5.56 Å². The molecule has 1 rings (SSSR count). The lowest BCUT2D eigenvalue weighted by molar-refractivity contribution is 0.129. The van der Waals surface area contributed by atoms with Crippen molar-refractivity contribution in [3.63, 3.8) is 0 Å². The maximum atomic E-state index is 12.9. The molecule has 0 aromatic heterocycles. The summed E-state index contributed by atoms with van der Waals surface area (Å²) in [6, 6.07) is 3.39. The molecule has 0 aliphatic carbocycles. The molecule has 0 fully saturated rings. The van der Waals surface area contributed by atoms with Crippen LogP contribution in [-0.4, -0.2) is 6.43 Å². The fraction of sp³-hybridized carbons (Fsp3) is 0.222. The lowest BCUT2D eigenvalue weighted by Crippen LogP contribution is -2.06. The van der Waals surface area contributed by atoms with Crippen molar-refractivity contribution in [2.24, 2.45) is 0 Å². The van der Waals surface area contributed by atoms with Gasteiger partial charge in [0, 0.05) is 0 Å². The second kappa shape index (κ2) is 3.94. The van der Waals surface area contributed by atoms with Crippen molar-refractivity contribution in [1.29, 1.82) is 0 Å². The minimum atomic E-state index is -2.85. The molecule has 0 saturated heterocycles. The molecule has 1 unspecified atom stereocenters. The summed E-state index contributed by atoms with van der Waals surface area (Å²) in [5.41, 5.74) is -0.243. The minimum absolute atomic E-state index is 0.243. The molecule has 0 aliphatic heterocycles. The van der Waals surface area contributed by atoms with E-state index in [0.29, 0.717) is 0 Å². The average Bonchev–Trinajstić information content (AvgIpc) is 2.09. The molecule has 0 spiro atoms. The first-order valence-electron chi connectivity index (χ1n) is 3.56. The van der Waals surface area contributed by atoms with Gasteiger partial charge in [-0.15, -0.1) is 0 Å². The molecule has 0 bridgehead atoms. The van der Waals surface area contributed by atoms with Crippen LogP contribution in [0.2, 0.25) is 0 Å². The van der Waals surface area contributed by atoms with Crippen LogP contribution in [0.15, 0.2) is 24.3 Å². The average molecular weight is 185 g/mol. The van der Waals surface area contributed by atoms with E-state index in [1.165, 1.54) is 18.2 Å². The highest BCUT2D eigenvalue weighted by Crippen LogP contribution is 2.26. The van der Waals surface area contributed by atoms with Crippen LogP contribution in [0.5, 0.6) is 0 Å². The number of nitrogens with zero attached hydrogens (tertiary/aromatic N) is 1. The molecule has 0 amide bonds. The van der Waals surface area contributed by atoms with E-state index in [9.17, 15) is 13.2 Å². The molecule has 0 N–H and O–H groups in total. The molecule has 1 aromatic rings. The van der Waals surface area contributed by atoms with Gasteiger partial charge >= 0.3 is 12.5 Å². The third kappa shape index (κ3) is 2.00. The summed E-state index contributed by atoms with van der Waals surface area (Å²) >= 11 is 0. The Morgan fingerprint density at radius 2 is 1.85 bits per heavy atom. The van der Waals surface area contributed by atoms with Crippen molar-refractivity contribution in [2.45, 2.75) is 12.5 Å². The van der Waals surface area contributed by atoms with E-state index in [-0.39, 0.29) is 5.56 Å². The zero-order valence-electron chi connectivity index (χ0n) is 6.55. The van der Waals surface area contributed by atoms with E-state index in [4.69, 9.17) is 6.57 Å². The quantitative estimate of drug-likeness (QED) is 0.623. The van der Waals surface area contributed by atoms with E-state index in [0.717, 1.165) is 6.07 Å². The summed E-state index contributed by atoms with van der Waals surface area (Å²) in [5.74, 6) is -0.760. The summed E-state index contributed by atoms with van der Waals surface area (Å²) in [4.78, 5) is 2.68. The molecule has 4 heteroatoms. The Kier molecular flexibility index (Phi) is 2.91. The normalized spacial score (nSPS) is 12.5. The van der Waals surface area contributed by atoms with Gasteiger partial charge in [-0.25, -0.2) is 19.7 Å². The second-order valence-corrected chi connectivity index (χ2v) is 2.43. The zero-order valence-corrected chi connectivity index (χ0v) is 6.55. The van der Waals surface area contributed by atoms with Crippen LogP contribution < -0.4 is 0 Å². The molecule has 1 aromatic carbocycles. The van der Waals surface area contributed by atoms with E-state index in [1.807, 2.05) is 0 Å². The van der Waals surface area contributed by atoms with E-state index in [2.05, 4.69) is 4.85 Å². The second-order valence-electron chi connectivity index (χ2n) is 2.43. The predicted molar refractivity (Wildman–Crippen MR) is 41.7 cm³/mol. The van der Waals surface area contributed by atoms with Crippen LogP contribution in [0, 0.1) is 12.4 Å². The van der Waals surface area contributed by atoms with E-state index < -0.39 is 18.3 Å². The van der Waals surface area contributed by atoms with Crippen LogP contribution >= 0.6 is 0 Å². The van der Waals surface area contributed by atoms with Crippen LogP contribution in [0.3, 0.4) is 0 Å². The number of hydrogen-bond acceptors (Lipinski definition) is 0. The Balaban J connectivity index is 3.07. The fourth-order valence-corrected chi connectivity index (χ4v) is 0.977. The largest absolute Gasteiger partial charge is 0.316 e. The first-order valence-corrected chi connectivity index (χ1v) is 3.56. The topological polar surface area (TPSA) is 4.36 Å². The van der Waals surface area contributed by atoms with Gasteiger partial charge in [-0.05, 0) is 12.1 Å². The first-order chi connectivity index (χ1) is 6.16. The summed E-state index contributed by atoms with van der Waals surface area (Å²) < 4.78 is 37.3. The van der Waals surface area contributed by atoms with Gasteiger partial charge in [-0.1, -0.05) is 12.1 Å². The van der Waals surface area contributed by atoms with Gasteiger partial charge in [0.1, 0.15) is 5.82 Å². The summed E-state index contributed by atoms with van der Waals surface area (Å²) in [7, 11) is 0. The number of rotatable bonds is 2. The Bertz CT molecular complexity index is 330. The molecule has 0 aliphatic rings. The summed E-state index contributed by atoms with van der Waals surface area (Å²) in [5, 5.41) is 0. The summed E-state index contributed by atoms with van der Waals surface area (Å²) in [6.45, 7) is 6.50. The van der Waals surface area contributed by atoms with Gasteiger partial charge in [-0.2, -0.15) is 0 Å². The lowest BCUT2D eigenvalue weighted by atomic mass is 10.1. The highest BCUT2D eigenvalue weighted by molar-refractivity contribution is 5.24. The maximum Gasteiger partial charge on any atom is 0.316 e. The molecule has 1 nitrogen and oxygen atoms in total. The van der Waals surface area contributed by atoms with Crippen molar-refractivity contribution in [2.75, 3.05) is 0 Å². The monoisotopic (exact) mass is 185 g/mol. The first kappa shape index (κ1) is 9.59. The van der Waals surface area contributed by atoms with Crippen molar-refractivity contribution < 1.29 is 13.2 Å². The molecular formula is C9H6F3N. The van der Waals surface area contributed by atoms with Crippen LogP contribution in [0.4, 0.5) is 13.2 Å². The van der Waals surface area contributed by atoms with Crippen molar-refractivity contribution in [1.82, 2.24) is 0 Å². The Morgan fingerprint density at radius 1 is 1.23 bits per heavy atom. The summed E-state index contributed by atoms with van der Waals surface area (Å²) in [6.07, 6.45) is -2.85. The molecular weight excluding hydrogens is 179 g/mol. The van der Waals surface area contributed by atoms with Crippen LogP contribution in [0.25, 0.3) is 4.85 Å². The predicted octanol–water partition coefficient (Wildman–Crippen LogP) is 3.05. The smallest absolute Gasteiger partial charge is 0.302 e. The van der Waals surface area contributed by atoms with Gasteiger partial charge in [0.2, 0.25) is 0 Å². The van der Waals surface area contributed by atoms with Gasteiger partial charge in [0.15, 0.2) is 0 Å². The molecule has 13 heavy (non-hydrogen) atoms. The van der Waals surface area contributed by atoms with Gasteiger partial charge < -0.3 is 4.85 Å². The van der Waals surface area contributed by atoms with Crippen LogP contribution in [0.1, 0.15) is 11.6 Å². The van der Waals surface area contributed by atoms with Gasteiger partial charge in [-0.3, -0.25) is 0 Å². The Labute approximate surface area is 73.6 Å². The highest BCUT2D eigenvalue weighted by Gasteiger charge is 2.30. The Hall–Kier alpha value is -1.50. The van der Waals surface area contributed by atoms with E-state index in [1.54, 1.807) is 0 Å². The fourth-order valence-electron chi connectivity index (χ4n) is 0.977. The van der Waals surface area contributed by atoms with Gasteiger partial charge in [0.25, 0.3) is 0 Å². The highest BCUT2D eigenvalue weighted by atomic mass is 19.3. The molecule has 0 saturated carbocycles. The Morgan fingerprint density at radius 3 is 2.31 bits per heavy atom. The third-order valence-corrected chi connectivity index (χ3v) is 1.60. The minimum Gasteiger partial charge on any atom is -0.302 e. The maximum absolute atomic E-state index is 12.9. The number of halogens is 3. The molecule has 68 valence electrons. The van der Waals surface area contributed by atoms with Crippen molar-refractivity contribution >= 4 is 0 Å². The SMILES string of the molecule is [C-]#[N+]C(c1ccccc1F)C(F)F. The molecule has 0 radical (unpaired) electrons. The lowest BCUT2D eigenvalue weighted by Gasteiger charge is -2.04. The van der Waals surface area contributed by atoms with Crippen molar-refractivity contribution in [3.05, 3.63) is 47.1 Å². The number of benzene rings is 1. The number of hydrogen-bond donors (Lipinski definition) is 0.